The van der Waals surface area contributed by atoms with E-state index in [1.807, 2.05) is 0 Å². The Kier molecular flexibility index (Phi) is 6.42. The average molecular weight is 247 g/mol. The highest BCUT2D eigenvalue weighted by Gasteiger charge is 2.04. The Labute approximate surface area is 113 Å². The van der Waals surface area contributed by atoms with Crippen LogP contribution in [-0.4, -0.2) is 6.04 Å². The molecule has 18 heavy (non-hydrogen) atoms. The molecule has 0 aliphatic rings. The first-order valence-electron chi connectivity index (χ1n) is 7.34. The second-order valence-electron chi connectivity index (χ2n) is 5.64. The molecule has 0 saturated carbocycles. The largest absolute Gasteiger partial charge is 0.310 e. The molecular formula is C17H29N. The molecular weight excluding hydrogens is 218 g/mol. The summed E-state index contributed by atoms with van der Waals surface area (Å²) in [7, 11) is 0. The lowest BCUT2D eigenvalue weighted by Gasteiger charge is -2.16. The van der Waals surface area contributed by atoms with Crippen LogP contribution in [0.25, 0.3) is 0 Å². The van der Waals surface area contributed by atoms with Crippen LogP contribution < -0.4 is 5.32 Å². The third-order valence-electron chi connectivity index (χ3n) is 3.83. The van der Waals surface area contributed by atoms with Gasteiger partial charge in [-0.3, -0.25) is 0 Å². The van der Waals surface area contributed by atoms with Crippen molar-refractivity contribution in [3.8, 4) is 0 Å². The molecule has 1 aromatic rings. The van der Waals surface area contributed by atoms with Crippen LogP contribution in [0, 0.1) is 20.8 Å². The van der Waals surface area contributed by atoms with E-state index in [-0.39, 0.29) is 0 Å². The van der Waals surface area contributed by atoms with E-state index in [2.05, 4.69) is 52.1 Å². The third kappa shape index (κ3) is 4.81. The summed E-state index contributed by atoms with van der Waals surface area (Å²) in [6, 6.07) is 5.25. The van der Waals surface area contributed by atoms with Crippen molar-refractivity contribution in [1.29, 1.82) is 0 Å². The fourth-order valence-corrected chi connectivity index (χ4v) is 2.30. The number of unbranched alkanes of at least 4 members (excludes halogenated alkanes) is 2. The standard InChI is InChI=1S/C17H29N/c1-6-7-8-9-16(5)18-12-17-11-14(3)13(2)10-15(17)4/h10-11,16,18H,6-9,12H2,1-5H3. The molecule has 0 heterocycles. The van der Waals surface area contributed by atoms with Crippen molar-refractivity contribution in [2.75, 3.05) is 0 Å². The Bertz CT molecular complexity index is 368. The molecule has 0 spiro atoms. The molecule has 0 radical (unpaired) electrons. The van der Waals surface area contributed by atoms with Crippen LogP contribution in [0.1, 0.15) is 61.8 Å². The zero-order valence-corrected chi connectivity index (χ0v) is 12.8. The zero-order valence-electron chi connectivity index (χ0n) is 12.8. The molecule has 0 aliphatic carbocycles. The van der Waals surface area contributed by atoms with Gasteiger partial charge >= 0.3 is 0 Å². The van der Waals surface area contributed by atoms with Crippen LogP contribution in [0.15, 0.2) is 12.1 Å². The highest BCUT2D eigenvalue weighted by Crippen LogP contribution is 2.15. The minimum absolute atomic E-state index is 0.623. The summed E-state index contributed by atoms with van der Waals surface area (Å²) in [5.41, 5.74) is 5.65. The minimum Gasteiger partial charge on any atom is -0.310 e. The van der Waals surface area contributed by atoms with E-state index >= 15 is 0 Å². The first kappa shape index (κ1) is 15.2. The Morgan fingerprint density at radius 3 is 2.33 bits per heavy atom. The van der Waals surface area contributed by atoms with Gasteiger partial charge < -0.3 is 5.32 Å². The summed E-state index contributed by atoms with van der Waals surface area (Å²) in [5, 5.41) is 3.65. The maximum absolute atomic E-state index is 3.65. The fourth-order valence-electron chi connectivity index (χ4n) is 2.30. The lowest BCUT2D eigenvalue weighted by atomic mass is 10.0. The second-order valence-corrected chi connectivity index (χ2v) is 5.64. The summed E-state index contributed by atoms with van der Waals surface area (Å²) in [4.78, 5) is 0. The first-order chi connectivity index (χ1) is 8.54. The normalized spacial score (nSPS) is 12.7. The Balaban J connectivity index is 2.45. The van der Waals surface area contributed by atoms with Gasteiger partial charge in [0.05, 0.1) is 0 Å². The average Bonchev–Trinajstić information content (AvgIpc) is 2.32. The lowest BCUT2D eigenvalue weighted by molar-refractivity contribution is 0.486. The van der Waals surface area contributed by atoms with Crippen molar-refractivity contribution in [3.63, 3.8) is 0 Å². The van der Waals surface area contributed by atoms with Crippen LogP contribution in [0.4, 0.5) is 0 Å². The molecule has 1 N–H and O–H groups in total. The molecule has 1 unspecified atom stereocenters. The van der Waals surface area contributed by atoms with E-state index in [9.17, 15) is 0 Å². The molecule has 0 saturated heterocycles. The smallest absolute Gasteiger partial charge is 0.0210 e. The number of benzene rings is 1. The Hall–Kier alpha value is -0.820. The Morgan fingerprint density at radius 2 is 1.67 bits per heavy atom. The summed E-state index contributed by atoms with van der Waals surface area (Å²) in [6.07, 6.45) is 5.30. The predicted octanol–water partition coefficient (Wildman–Crippen LogP) is 4.67. The molecule has 0 bridgehead atoms. The number of rotatable bonds is 7. The van der Waals surface area contributed by atoms with Crippen LogP contribution in [0.3, 0.4) is 0 Å². The van der Waals surface area contributed by atoms with Crippen molar-refractivity contribution in [1.82, 2.24) is 5.32 Å². The Morgan fingerprint density at radius 1 is 1.00 bits per heavy atom. The molecule has 1 nitrogen and oxygen atoms in total. The van der Waals surface area contributed by atoms with Crippen molar-refractivity contribution >= 4 is 0 Å². The van der Waals surface area contributed by atoms with E-state index in [1.54, 1.807) is 0 Å². The molecule has 1 aromatic carbocycles. The van der Waals surface area contributed by atoms with E-state index in [0.29, 0.717) is 6.04 Å². The van der Waals surface area contributed by atoms with Crippen molar-refractivity contribution in [2.45, 2.75) is 72.9 Å². The fraction of sp³-hybridized carbons (Fsp3) is 0.647. The van der Waals surface area contributed by atoms with E-state index in [4.69, 9.17) is 0 Å². The molecule has 102 valence electrons. The quantitative estimate of drug-likeness (QED) is 0.690. The molecule has 0 fully saturated rings. The molecule has 0 aliphatic heterocycles. The predicted molar refractivity (Wildman–Crippen MR) is 81.1 cm³/mol. The van der Waals surface area contributed by atoms with Crippen molar-refractivity contribution in [2.24, 2.45) is 0 Å². The monoisotopic (exact) mass is 247 g/mol. The molecule has 1 atom stereocenters. The van der Waals surface area contributed by atoms with Gasteiger partial charge in [0.1, 0.15) is 0 Å². The summed E-state index contributed by atoms with van der Waals surface area (Å²) >= 11 is 0. The molecule has 1 rings (SSSR count). The van der Waals surface area contributed by atoms with Crippen LogP contribution in [0.5, 0.6) is 0 Å². The molecule has 0 amide bonds. The van der Waals surface area contributed by atoms with Gasteiger partial charge in [0.2, 0.25) is 0 Å². The number of hydrogen-bond donors (Lipinski definition) is 1. The number of hydrogen-bond acceptors (Lipinski definition) is 1. The zero-order chi connectivity index (χ0) is 13.5. The maximum atomic E-state index is 3.65. The SMILES string of the molecule is CCCCCC(C)NCc1cc(C)c(C)cc1C. The number of nitrogens with one attached hydrogen (secondary N) is 1. The van der Waals surface area contributed by atoms with Gasteiger partial charge in [-0.25, -0.2) is 0 Å². The highest BCUT2D eigenvalue weighted by molar-refractivity contribution is 5.36. The van der Waals surface area contributed by atoms with Gasteiger partial charge in [-0.1, -0.05) is 38.3 Å². The van der Waals surface area contributed by atoms with E-state index < -0.39 is 0 Å². The summed E-state index contributed by atoms with van der Waals surface area (Å²) in [5.74, 6) is 0. The van der Waals surface area contributed by atoms with E-state index in [0.717, 1.165) is 6.54 Å². The van der Waals surface area contributed by atoms with Crippen molar-refractivity contribution in [3.05, 3.63) is 34.4 Å². The summed E-state index contributed by atoms with van der Waals surface area (Å²) in [6.45, 7) is 12.2. The lowest BCUT2D eigenvalue weighted by Crippen LogP contribution is -2.25. The first-order valence-corrected chi connectivity index (χ1v) is 7.34. The molecule has 0 aromatic heterocycles. The van der Waals surface area contributed by atoms with Gasteiger partial charge in [-0.15, -0.1) is 0 Å². The van der Waals surface area contributed by atoms with Gasteiger partial charge in [0.25, 0.3) is 0 Å². The number of aryl methyl sites for hydroxylation is 3. The van der Waals surface area contributed by atoms with E-state index in [1.165, 1.54) is 47.9 Å². The topological polar surface area (TPSA) is 12.0 Å². The van der Waals surface area contributed by atoms with Gasteiger partial charge in [0, 0.05) is 12.6 Å². The third-order valence-corrected chi connectivity index (χ3v) is 3.83. The van der Waals surface area contributed by atoms with Gasteiger partial charge in [0.15, 0.2) is 0 Å². The minimum atomic E-state index is 0.623. The highest BCUT2D eigenvalue weighted by atomic mass is 14.9. The second kappa shape index (κ2) is 7.58. The maximum Gasteiger partial charge on any atom is 0.0210 e. The van der Waals surface area contributed by atoms with Crippen LogP contribution in [-0.2, 0) is 6.54 Å². The summed E-state index contributed by atoms with van der Waals surface area (Å²) < 4.78 is 0. The van der Waals surface area contributed by atoms with Crippen LogP contribution >= 0.6 is 0 Å². The van der Waals surface area contributed by atoms with Gasteiger partial charge in [-0.2, -0.15) is 0 Å². The van der Waals surface area contributed by atoms with Crippen molar-refractivity contribution < 1.29 is 0 Å². The van der Waals surface area contributed by atoms with Crippen LogP contribution in [0.2, 0.25) is 0 Å². The molecule has 1 heteroatoms. The van der Waals surface area contributed by atoms with Gasteiger partial charge in [-0.05, 0) is 56.4 Å².